The molecular weight excluding hydrogens is 422 g/mol. The second-order valence-corrected chi connectivity index (χ2v) is 11.3. The molecule has 0 radical (unpaired) electrons. The summed E-state index contributed by atoms with van der Waals surface area (Å²) in [5, 5.41) is 0. The lowest BCUT2D eigenvalue weighted by molar-refractivity contribution is -0.138. The third-order valence-corrected chi connectivity index (χ3v) is 9.00. The standard InChI is InChI=1S/C25H31N3O3S/c29-25(28(23-8-9-23)18-19-4-3-13-26-17-19)21-11-14-27(15-12-21)32(30,31)24-10-7-20-5-1-2-6-22(20)16-24/h3-4,7,10,13,16-17,21,23H,1-2,5-6,8-9,11-12,14-15,18H2. The SMILES string of the molecule is O=C(C1CCN(S(=O)(=O)c2ccc3c(c2)CCCC3)CC1)N(Cc1cccnc1)C1CC1. The molecule has 2 fully saturated rings. The van der Waals surface area contributed by atoms with Crippen LogP contribution in [-0.2, 0) is 34.2 Å². The fourth-order valence-corrected chi connectivity index (χ4v) is 6.58. The first-order chi connectivity index (χ1) is 15.5. The Hall–Kier alpha value is -2.25. The fraction of sp³-hybridized carbons (Fsp3) is 0.520. The molecular formula is C25H31N3O3S. The van der Waals surface area contributed by atoms with Gasteiger partial charge in [0.1, 0.15) is 0 Å². The zero-order valence-electron chi connectivity index (χ0n) is 18.4. The second-order valence-electron chi connectivity index (χ2n) is 9.37. The summed E-state index contributed by atoms with van der Waals surface area (Å²) in [5.74, 6) is 0.0597. The van der Waals surface area contributed by atoms with Crippen molar-refractivity contribution in [2.45, 2.75) is 68.8 Å². The number of piperidine rings is 1. The molecule has 0 bridgehead atoms. The zero-order valence-corrected chi connectivity index (χ0v) is 19.3. The minimum absolute atomic E-state index is 0.109. The highest BCUT2D eigenvalue weighted by Crippen LogP contribution is 2.33. The van der Waals surface area contributed by atoms with E-state index in [0.717, 1.165) is 37.7 Å². The highest BCUT2D eigenvalue weighted by atomic mass is 32.2. The summed E-state index contributed by atoms with van der Waals surface area (Å²) >= 11 is 0. The number of rotatable bonds is 6. The number of fused-ring (bicyclic) bond motifs is 1. The number of pyridine rings is 1. The van der Waals surface area contributed by atoms with Crippen LogP contribution in [0.3, 0.4) is 0 Å². The van der Waals surface area contributed by atoms with Crippen LogP contribution in [0.4, 0.5) is 0 Å². The molecule has 170 valence electrons. The van der Waals surface area contributed by atoms with Crippen LogP contribution in [0.1, 0.15) is 55.2 Å². The van der Waals surface area contributed by atoms with E-state index in [9.17, 15) is 13.2 Å². The number of hydrogen-bond donors (Lipinski definition) is 0. The van der Waals surface area contributed by atoms with Gasteiger partial charge in [-0.1, -0.05) is 12.1 Å². The van der Waals surface area contributed by atoms with E-state index in [1.54, 1.807) is 16.6 Å². The molecule has 6 nitrogen and oxygen atoms in total. The molecule has 1 aliphatic heterocycles. The first-order valence-electron chi connectivity index (χ1n) is 11.8. The van der Waals surface area contributed by atoms with Gasteiger partial charge in [0.15, 0.2) is 0 Å². The number of carbonyl (C=O) groups is 1. The average Bonchev–Trinajstić information content (AvgIpc) is 3.68. The van der Waals surface area contributed by atoms with E-state index in [1.165, 1.54) is 17.5 Å². The predicted octanol–water partition coefficient (Wildman–Crippen LogP) is 3.55. The molecule has 0 spiro atoms. The van der Waals surface area contributed by atoms with E-state index in [0.29, 0.717) is 43.4 Å². The van der Waals surface area contributed by atoms with Crippen LogP contribution in [-0.4, -0.2) is 47.6 Å². The van der Waals surface area contributed by atoms with Gasteiger partial charge in [0.2, 0.25) is 15.9 Å². The molecule has 1 saturated carbocycles. The Balaban J connectivity index is 1.24. The number of sulfonamides is 1. The maximum atomic E-state index is 13.3. The van der Waals surface area contributed by atoms with Crippen molar-refractivity contribution < 1.29 is 13.2 Å². The van der Waals surface area contributed by atoms with E-state index in [2.05, 4.69) is 4.98 Å². The summed E-state index contributed by atoms with van der Waals surface area (Å²) in [6, 6.07) is 9.85. The second kappa shape index (κ2) is 8.94. The number of benzene rings is 1. The maximum absolute atomic E-state index is 13.3. The summed E-state index contributed by atoms with van der Waals surface area (Å²) in [5.41, 5.74) is 3.51. The number of aryl methyl sites for hydroxylation is 2. The van der Waals surface area contributed by atoms with Crippen molar-refractivity contribution in [3.05, 3.63) is 59.4 Å². The van der Waals surface area contributed by atoms with Crippen molar-refractivity contribution in [1.29, 1.82) is 0 Å². The fourth-order valence-electron chi connectivity index (χ4n) is 5.06. The van der Waals surface area contributed by atoms with Crippen molar-refractivity contribution in [2.75, 3.05) is 13.1 Å². The first kappa shape index (κ1) is 21.6. The molecule has 5 rings (SSSR count). The van der Waals surface area contributed by atoms with Crippen LogP contribution in [0.2, 0.25) is 0 Å². The van der Waals surface area contributed by atoms with E-state index in [1.807, 2.05) is 35.4 Å². The minimum atomic E-state index is -3.52. The van der Waals surface area contributed by atoms with Crippen molar-refractivity contribution in [3.8, 4) is 0 Å². The van der Waals surface area contributed by atoms with Gasteiger partial charge in [-0.15, -0.1) is 0 Å². The van der Waals surface area contributed by atoms with Gasteiger partial charge in [-0.05, 0) is 86.3 Å². The van der Waals surface area contributed by atoms with E-state index in [-0.39, 0.29) is 11.8 Å². The minimum Gasteiger partial charge on any atom is -0.335 e. The monoisotopic (exact) mass is 453 g/mol. The van der Waals surface area contributed by atoms with Crippen LogP contribution < -0.4 is 0 Å². The Morgan fingerprint density at radius 1 is 1.03 bits per heavy atom. The summed E-state index contributed by atoms with van der Waals surface area (Å²) in [4.78, 5) is 19.9. The number of hydrogen-bond acceptors (Lipinski definition) is 4. The lowest BCUT2D eigenvalue weighted by Gasteiger charge is -2.34. The zero-order chi connectivity index (χ0) is 22.1. The quantitative estimate of drug-likeness (QED) is 0.671. The molecule has 0 unspecified atom stereocenters. The number of aromatic nitrogens is 1. The molecule has 1 amide bonds. The largest absolute Gasteiger partial charge is 0.335 e. The Labute approximate surface area is 190 Å². The van der Waals surface area contributed by atoms with Crippen molar-refractivity contribution >= 4 is 15.9 Å². The average molecular weight is 454 g/mol. The lowest BCUT2D eigenvalue weighted by Crippen LogP contribution is -2.44. The Morgan fingerprint density at radius 3 is 2.47 bits per heavy atom. The predicted molar refractivity (Wildman–Crippen MR) is 122 cm³/mol. The molecule has 1 saturated heterocycles. The number of amides is 1. The van der Waals surface area contributed by atoms with Gasteiger partial charge in [0.25, 0.3) is 0 Å². The molecule has 3 aliphatic rings. The molecule has 0 atom stereocenters. The number of carbonyl (C=O) groups excluding carboxylic acids is 1. The normalized spacial score (nSPS) is 20.0. The summed E-state index contributed by atoms with van der Waals surface area (Å²) in [6.07, 6.45) is 11.1. The lowest BCUT2D eigenvalue weighted by atomic mass is 9.92. The van der Waals surface area contributed by atoms with E-state index in [4.69, 9.17) is 0 Å². The van der Waals surface area contributed by atoms with Gasteiger partial charge in [-0.25, -0.2) is 8.42 Å². The molecule has 2 aromatic rings. The van der Waals surface area contributed by atoms with Gasteiger partial charge in [0.05, 0.1) is 4.90 Å². The van der Waals surface area contributed by atoms with E-state index >= 15 is 0 Å². The maximum Gasteiger partial charge on any atom is 0.243 e. The van der Waals surface area contributed by atoms with Gasteiger partial charge in [-0.3, -0.25) is 9.78 Å². The molecule has 7 heteroatoms. The molecule has 2 aliphatic carbocycles. The van der Waals surface area contributed by atoms with E-state index < -0.39 is 10.0 Å². The third kappa shape index (κ3) is 4.46. The van der Waals surface area contributed by atoms with Gasteiger partial charge in [-0.2, -0.15) is 4.31 Å². The molecule has 1 aromatic carbocycles. The summed E-state index contributed by atoms with van der Waals surface area (Å²) in [6.45, 7) is 1.40. The Morgan fingerprint density at radius 2 is 1.78 bits per heavy atom. The van der Waals surface area contributed by atoms with Gasteiger partial charge in [0, 0.05) is 44.0 Å². The van der Waals surface area contributed by atoms with Crippen LogP contribution in [0, 0.1) is 5.92 Å². The van der Waals surface area contributed by atoms with Crippen molar-refractivity contribution in [1.82, 2.24) is 14.2 Å². The van der Waals surface area contributed by atoms with Crippen LogP contribution in [0.25, 0.3) is 0 Å². The summed E-state index contributed by atoms with van der Waals surface area (Å²) in [7, 11) is -3.52. The van der Waals surface area contributed by atoms with Crippen LogP contribution >= 0.6 is 0 Å². The van der Waals surface area contributed by atoms with Crippen LogP contribution in [0.5, 0.6) is 0 Å². The third-order valence-electron chi connectivity index (χ3n) is 7.11. The molecule has 0 N–H and O–H groups in total. The van der Waals surface area contributed by atoms with Crippen molar-refractivity contribution in [2.24, 2.45) is 5.92 Å². The molecule has 2 heterocycles. The van der Waals surface area contributed by atoms with Gasteiger partial charge >= 0.3 is 0 Å². The van der Waals surface area contributed by atoms with Gasteiger partial charge < -0.3 is 4.90 Å². The highest BCUT2D eigenvalue weighted by molar-refractivity contribution is 7.89. The van der Waals surface area contributed by atoms with Crippen LogP contribution in [0.15, 0.2) is 47.6 Å². The van der Waals surface area contributed by atoms with Crippen molar-refractivity contribution in [3.63, 3.8) is 0 Å². The summed E-state index contributed by atoms with van der Waals surface area (Å²) < 4.78 is 28.1. The Kier molecular flexibility index (Phi) is 6.03. The highest BCUT2D eigenvalue weighted by Gasteiger charge is 2.38. The molecule has 1 aromatic heterocycles. The smallest absolute Gasteiger partial charge is 0.243 e. The number of nitrogens with zero attached hydrogens (tertiary/aromatic N) is 3. The Bertz CT molecular complexity index is 1070. The topological polar surface area (TPSA) is 70.6 Å². The first-order valence-corrected chi connectivity index (χ1v) is 13.3. The molecule has 32 heavy (non-hydrogen) atoms.